The van der Waals surface area contributed by atoms with E-state index in [1.807, 2.05) is 0 Å². The monoisotopic (exact) mass is 268 g/mol. The standard InChI is InChI=1S/C14H28N4O/c1-11(2)17-6-8-18(9-7-17)12-4-3-5-14(16,10-12)13(15)19/h11-12H,3-10,16H2,1-2H3,(H2,15,19). The molecule has 110 valence electrons. The van der Waals surface area contributed by atoms with Gasteiger partial charge in [-0.05, 0) is 39.5 Å². The molecule has 19 heavy (non-hydrogen) atoms. The average molecular weight is 268 g/mol. The number of rotatable bonds is 3. The summed E-state index contributed by atoms with van der Waals surface area (Å²) >= 11 is 0. The maximum atomic E-state index is 11.5. The van der Waals surface area contributed by atoms with Crippen LogP contribution >= 0.6 is 0 Å². The van der Waals surface area contributed by atoms with Crippen LogP contribution in [-0.2, 0) is 4.79 Å². The number of hydrogen-bond donors (Lipinski definition) is 2. The molecular weight excluding hydrogens is 240 g/mol. The van der Waals surface area contributed by atoms with Gasteiger partial charge in [-0.25, -0.2) is 0 Å². The number of carbonyl (C=O) groups is 1. The van der Waals surface area contributed by atoms with Crippen LogP contribution in [0.2, 0.25) is 0 Å². The van der Waals surface area contributed by atoms with E-state index in [2.05, 4.69) is 23.6 Å². The molecule has 0 radical (unpaired) electrons. The highest BCUT2D eigenvalue weighted by Gasteiger charge is 2.40. The van der Waals surface area contributed by atoms with Crippen molar-refractivity contribution in [3.05, 3.63) is 0 Å². The SMILES string of the molecule is CC(C)N1CCN(C2CCCC(N)(C(N)=O)C2)CC1. The third-order valence-corrected chi connectivity index (χ3v) is 4.85. The molecule has 1 aliphatic heterocycles. The Morgan fingerprint density at radius 2 is 1.89 bits per heavy atom. The van der Waals surface area contributed by atoms with Crippen LogP contribution in [0.4, 0.5) is 0 Å². The van der Waals surface area contributed by atoms with Crippen LogP contribution in [0, 0.1) is 0 Å². The van der Waals surface area contributed by atoms with E-state index >= 15 is 0 Å². The molecule has 1 aliphatic carbocycles. The van der Waals surface area contributed by atoms with Crippen LogP contribution in [0.25, 0.3) is 0 Å². The van der Waals surface area contributed by atoms with Gasteiger partial charge in [0.1, 0.15) is 0 Å². The summed E-state index contributed by atoms with van der Waals surface area (Å²) in [6.45, 7) is 8.88. The average Bonchev–Trinajstić information content (AvgIpc) is 2.39. The van der Waals surface area contributed by atoms with E-state index in [1.54, 1.807) is 0 Å². The van der Waals surface area contributed by atoms with E-state index in [-0.39, 0.29) is 5.91 Å². The molecule has 2 fully saturated rings. The molecule has 4 N–H and O–H groups in total. The van der Waals surface area contributed by atoms with Crippen molar-refractivity contribution in [2.45, 2.75) is 57.2 Å². The topological polar surface area (TPSA) is 75.6 Å². The Hall–Kier alpha value is -0.650. The largest absolute Gasteiger partial charge is 0.368 e. The second kappa shape index (κ2) is 5.77. The molecule has 0 bridgehead atoms. The van der Waals surface area contributed by atoms with Crippen molar-refractivity contribution in [3.63, 3.8) is 0 Å². The molecule has 2 atom stereocenters. The highest BCUT2D eigenvalue weighted by Crippen LogP contribution is 2.30. The van der Waals surface area contributed by atoms with Gasteiger partial charge in [0.2, 0.25) is 5.91 Å². The molecule has 1 heterocycles. The van der Waals surface area contributed by atoms with Crippen molar-refractivity contribution in [2.24, 2.45) is 11.5 Å². The molecule has 1 saturated heterocycles. The molecular formula is C14H28N4O. The van der Waals surface area contributed by atoms with Gasteiger partial charge in [-0.15, -0.1) is 0 Å². The highest BCUT2D eigenvalue weighted by atomic mass is 16.1. The van der Waals surface area contributed by atoms with Crippen LogP contribution in [0.5, 0.6) is 0 Å². The molecule has 2 unspecified atom stereocenters. The lowest BCUT2D eigenvalue weighted by Crippen LogP contribution is -2.60. The van der Waals surface area contributed by atoms with E-state index in [0.717, 1.165) is 51.9 Å². The van der Waals surface area contributed by atoms with E-state index in [9.17, 15) is 4.79 Å². The summed E-state index contributed by atoms with van der Waals surface area (Å²) in [5, 5.41) is 0. The second-order valence-corrected chi connectivity index (χ2v) is 6.44. The van der Waals surface area contributed by atoms with Gasteiger partial charge in [0, 0.05) is 38.3 Å². The van der Waals surface area contributed by atoms with Gasteiger partial charge in [-0.1, -0.05) is 0 Å². The summed E-state index contributed by atoms with van der Waals surface area (Å²) in [6, 6.07) is 1.05. The van der Waals surface area contributed by atoms with E-state index in [0.29, 0.717) is 12.1 Å². The fourth-order valence-corrected chi connectivity index (χ4v) is 3.43. The maximum Gasteiger partial charge on any atom is 0.237 e. The number of nitrogens with two attached hydrogens (primary N) is 2. The first-order valence-electron chi connectivity index (χ1n) is 7.49. The van der Waals surface area contributed by atoms with Crippen molar-refractivity contribution < 1.29 is 4.79 Å². The molecule has 0 aromatic carbocycles. The first kappa shape index (κ1) is 14.8. The lowest BCUT2D eigenvalue weighted by Gasteiger charge is -2.45. The zero-order valence-electron chi connectivity index (χ0n) is 12.3. The number of nitrogens with zero attached hydrogens (tertiary/aromatic N) is 2. The van der Waals surface area contributed by atoms with Crippen LogP contribution < -0.4 is 11.5 Å². The Morgan fingerprint density at radius 1 is 1.26 bits per heavy atom. The minimum Gasteiger partial charge on any atom is -0.368 e. The lowest BCUT2D eigenvalue weighted by atomic mass is 9.78. The minimum atomic E-state index is -0.780. The lowest BCUT2D eigenvalue weighted by molar-refractivity contribution is -0.125. The highest BCUT2D eigenvalue weighted by molar-refractivity contribution is 5.84. The molecule has 0 spiro atoms. The minimum absolute atomic E-state index is 0.335. The third kappa shape index (κ3) is 3.27. The van der Waals surface area contributed by atoms with E-state index in [4.69, 9.17) is 11.5 Å². The Morgan fingerprint density at radius 3 is 2.42 bits per heavy atom. The zero-order chi connectivity index (χ0) is 14.0. The number of amides is 1. The van der Waals surface area contributed by atoms with Gasteiger partial charge < -0.3 is 11.5 Å². The smallest absolute Gasteiger partial charge is 0.237 e. The van der Waals surface area contributed by atoms with Crippen molar-refractivity contribution in [1.82, 2.24) is 9.80 Å². The summed E-state index contributed by atoms with van der Waals surface area (Å²) < 4.78 is 0. The molecule has 1 amide bonds. The van der Waals surface area contributed by atoms with E-state index < -0.39 is 5.54 Å². The first-order chi connectivity index (χ1) is 8.92. The normalized spacial score (nSPS) is 34.6. The molecule has 1 saturated carbocycles. The number of piperazine rings is 1. The first-order valence-corrected chi connectivity index (χ1v) is 7.49. The Bertz CT molecular complexity index is 325. The summed E-state index contributed by atoms with van der Waals surface area (Å²) in [6.07, 6.45) is 3.62. The second-order valence-electron chi connectivity index (χ2n) is 6.44. The predicted molar refractivity (Wildman–Crippen MR) is 76.7 cm³/mol. The summed E-state index contributed by atoms with van der Waals surface area (Å²) in [7, 11) is 0. The maximum absolute atomic E-state index is 11.5. The van der Waals surface area contributed by atoms with Gasteiger partial charge in [0.05, 0.1) is 5.54 Å². The Kier molecular flexibility index (Phi) is 4.48. The van der Waals surface area contributed by atoms with Gasteiger partial charge in [0.15, 0.2) is 0 Å². The van der Waals surface area contributed by atoms with Crippen LogP contribution in [0.1, 0.15) is 39.5 Å². The summed E-state index contributed by atoms with van der Waals surface area (Å²) in [5.41, 5.74) is 10.8. The van der Waals surface area contributed by atoms with Crippen molar-refractivity contribution in [3.8, 4) is 0 Å². The number of carbonyl (C=O) groups excluding carboxylic acids is 1. The fourth-order valence-electron chi connectivity index (χ4n) is 3.43. The Balaban J connectivity index is 1.91. The van der Waals surface area contributed by atoms with Gasteiger partial charge in [0.25, 0.3) is 0 Å². The van der Waals surface area contributed by atoms with Crippen molar-refractivity contribution in [1.29, 1.82) is 0 Å². The van der Waals surface area contributed by atoms with Crippen molar-refractivity contribution >= 4 is 5.91 Å². The van der Waals surface area contributed by atoms with Crippen LogP contribution in [-0.4, -0.2) is 59.5 Å². The van der Waals surface area contributed by atoms with Gasteiger partial charge >= 0.3 is 0 Å². The molecule has 2 aliphatic rings. The van der Waals surface area contributed by atoms with E-state index in [1.165, 1.54) is 0 Å². The number of primary amides is 1. The Labute approximate surface area is 116 Å². The molecule has 5 nitrogen and oxygen atoms in total. The summed E-state index contributed by atoms with van der Waals surface area (Å²) in [5.74, 6) is -0.335. The molecule has 0 aromatic rings. The number of hydrogen-bond acceptors (Lipinski definition) is 4. The van der Waals surface area contributed by atoms with Gasteiger partial charge in [-0.3, -0.25) is 14.6 Å². The quantitative estimate of drug-likeness (QED) is 0.763. The molecule has 2 rings (SSSR count). The molecule has 5 heteroatoms. The zero-order valence-corrected chi connectivity index (χ0v) is 12.3. The summed E-state index contributed by atoms with van der Waals surface area (Å²) in [4.78, 5) is 16.5. The third-order valence-electron chi connectivity index (χ3n) is 4.85. The fraction of sp³-hybridized carbons (Fsp3) is 0.929. The van der Waals surface area contributed by atoms with Crippen molar-refractivity contribution in [2.75, 3.05) is 26.2 Å². The van der Waals surface area contributed by atoms with Crippen LogP contribution in [0.3, 0.4) is 0 Å². The van der Waals surface area contributed by atoms with Crippen LogP contribution in [0.15, 0.2) is 0 Å². The predicted octanol–water partition coefficient (Wildman–Crippen LogP) is 0.138. The molecule has 0 aromatic heterocycles. The van der Waals surface area contributed by atoms with Gasteiger partial charge in [-0.2, -0.15) is 0 Å².